The van der Waals surface area contributed by atoms with Crippen molar-refractivity contribution < 1.29 is 24.0 Å². The van der Waals surface area contributed by atoms with Gasteiger partial charge in [-0.05, 0) is 69.1 Å². The Kier molecular flexibility index (Phi) is 7.64. The Labute approximate surface area is 212 Å². The molecule has 0 aliphatic carbocycles. The molecule has 0 spiro atoms. The molecule has 1 aromatic heterocycles. The predicted octanol–water partition coefficient (Wildman–Crippen LogP) is 5.74. The molecule has 1 atom stereocenters. The van der Waals surface area contributed by atoms with Crippen LogP contribution in [-0.4, -0.2) is 45.7 Å². The van der Waals surface area contributed by atoms with Crippen LogP contribution in [0.25, 0.3) is 11.3 Å². The van der Waals surface area contributed by atoms with Gasteiger partial charge in [0.1, 0.15) is 11.8 Å². The Morgan fingerprint density at radius 2 is 2.00 bits per heavy atom. The topological polar surface area (TPSA) is 105 Å². The maximum atomic E-state index is 12.7. The Morgan fingerprint density at radius 1 is 1.20 bits per heavy atom. The van der Waals surface area contributed by atoms with Crippen molar-refractivity contribution in [2.24, 2.45) is 0 Å². The van der Waals surface area contributed by atoms with E-state index in [0.717, 1.165) is 18.5 Å². The van der Waals surface area contributed by atoms with Gasteiger partial charge in [0.25, 0.3) is 5.91 Å². The number of carboxylic acid groups (broad SMARTS) is 1. The van der Waals surface area contributed by atoms with E-state index in [4.69, 9.17) is 32.5 Å². The molecule has 1 unspecified atom stereocenters. The van der Waals surface area contributed by atoms with Crippen LogP contribution in [0.2, 0.25) is 10.0 Å². The first-order valence-corrected chi connectivity index (χ1v) is 12.0. The van der Waals surface area contributed by atoms with E-state index in [9.17, 15) is 14.7 Å². The van der Waals surface area contributed by atoms with Crippen molar-refractivity contribution in [3.8, 4) is 17.1 Å². The number of likely N-dealkylation sites (tertiary alicyclic amines) is 1. The number of amides is 1. The van der Waals surface area contributed by atoms with Crippen LogP contribution in [-0.2, 0) is 11.3 Å². The fourth-order valence-electron chi connectivity index (χ4n) is 4.02. The highest BCUT2D eigenvalue weighted by molar-refractivity contribution is 6.33. The summed E-state index contributed by atoms with van der Waals surface area (Å²) in [5.41, 5.74) is 2.05. The summed E-state index contributed by atoms with van der Waals surface area (Å²) in [6.45, 7) is 5.02. The molecule has 1 aliphatic rings. The summed E-state index contributed by atoms with van der Waals surface area (Å²) in [4.78, 5) is 26.0. The second-order valence-electron chi connectivity index (χ2n) is 8.62. The Hall–Kier alpha value is -3.07. The van der Waals surface area contributed by atoms with E-state index in [2.05, 4.69) is 10.5 Å². The van der Waals surface area contributed by atoms with Crippen LogP contribution in [0.3, 0.4) is 0 Å². The molecule has 0 saturated carbocycles. The van der Waals surface area contributed by atoms with Crippen LogP contribution < -0.4 is 10.1 Å². The minimum Gasteiger partial charge on any atom is -0.489 e. The number of aliphatic carboxylic acids is 1. The number of anilines is 1. The molecule has 1 saturated heterocycles. The van der Waals surface area contributed by atoms with Gasteiger partial charge in [0.15, 0.2) is 11.5 Å². The number of nitrogens with zero attached hydrogens (tertiary/aromatic N) is 2. The molecule has 8 nitrogen and oxygen atoms in total. The minimum absolute atomic E-state index is 0.0238. The highest BCUT2D eigenvalue weighted by atomic mass is 35.5. The van der Waals surface area contributed by atoms with Gasteiger partial charge in [-0.25, -0.2) is 0 Å². The highest BCUT2D eigenvalue weighted by Gasteiger charge is 2.30. The molecular formula is C25H25Cl2N3O5. The van der Waals surface area contributed by atoms with Crippen molar-refractivity contribution in [2.45, 2.75) is 45.4 Å². The van der Waals surface area contributed by atoms with E-state index in [-0.39, 0.29) is 11.8 Å². The van der Waals surface area contributed by atoms with Gasteiger partial charge < -0.3 is 19.7 Å². The van der Waals surface area contributed by atoms with Gasteiger partial charge in [-0.1, -0.05) is 34.4 Å². The minimum atomic E-state index is -0.806. The lowest BCUT2D eigenvalue weighted by molar-refractivity contribution is -0.142. The molecule has 0 bridgehead atoms. The average Bonchev–Trinajstić information content (AvgIpc) is 3.45. The van der Waals surface area contributed by atoms with E-state index >= 15 is 0 Å². The summed E-state index contributed by atoms with van der Waals surface area (Å²) < 4.78 is 11.0. The molecule has 1 fully saturated rings. The Bertz CT molecular complexity index is 1240. The van der Waals surface area contributed by atoms with Crippen LogP contribution in [0.1, 0.15) is 42.7 Å². The number of halogens is 2. The monoisotopic (exact) mass is 517 g/mol. The van der Waals surface area contributed by atoms with Gasteiger partial charge in [0, 0.05) is 23.9 Å². The van der Waals surface area contributed by atoms with Crippen molar-refractivity contribution in [1.29, 1.82) is 0 Å². The maximum absolute atomic E-state index is 12.7. The van der Waals surface area contributed by atoms with Crippen molar-refractivity contribution in [1.82, 2.24) is 10.1 Å². The van der Waals surface area contributed by atoms with Crippen LogP contribution in [0.5, 0.6) is 5.75 Å². The zero-order valence-corrected chi connectivity index (χ0v) is 20.8. The van der Waals surface area contributed by atoms with Crippen molar-refractivity contribution in [3.05, 3.63) is 63.8 Å². The summed E-state index contributed by atoms with van der Waals surface area (Å²) in [5, 5.41) is 16.8. The lowest BCUT2D eigenvalue weighted by Gasteiger charge is -2.21. The van der Waals surface area contributed by atoms with Crippen molar-refractivity contribution >= 4 is 40.8 Å². The second kappa shape index (κ2) is 10.7. The first-order valence-electron chi connectivity index (χ1n) is 11.2. The van der Waals surface area contributed by atoms with Gasteiger partial charge in [-0.15, -0.1) is 0 Å². The summed E-state index contributed by atoms with van der Waals surface area (Å²) in [6.07, 6.45) is 1.48. The van der Waals surface area contributed by atoms with E-state index in [0.29, 0.717) is 45.8 Å². The van der Waals surface area contributed by atoms with Crippen LogP contribution >= 0.6 is 23.2 Å². The van der Waals surface area contributed by atoms with Gasteiger partial charge in [0.2, 0.25) is 0 Å². The largest absolute Gasteiger partial charge is 0.489 e. The Morgan fingerprint density at radius 3 is 2.69 bits per heavy atom. The van der Waals surface area contributed by atoms with Gasteiger partial charge in [0.05, 0.1) is 16.1 Å². The SMILES string of the molecule is CC(C)Oc1ccc(NC(=O)c2cc(-c3ccc(CN4CCCC4C(=O)O)cc3Cl)on2)cc1Cl. The molecule has 1 aliphatic heterocycles. The third kappa shape index (κ3) is 5.96. The number of rotatable bonds is 8. The van der Waals surface area contributed by atoms with Crippen molar-refractivity contribution in [2.75, 3.05) is 11.9 Å². The molecular weight excluding hydrogens is 493 g/mol. The lowest BCUT2D eigenvalue weighted by Crippen LogP contribution is -2.35. The number of ether oxygens (including phenoxy) is 1. The number of carboxylic acids is 1. The highest BCUT2D eigenvalue weighted by Crippen LogP contribution is 2.32. The number of hydrogen-bond acceptors (Lipinski definition) is 6. The number of carbonyl (C=O) groups excluding carboxylic acids is 1. The number of benzene rings is 2. The average molecular weight is 518 g/mol. The molecule has 3 aromatic rings. The molecule has 0 radical (unpaired) electrons. The van der Waals surface area contributed by atoms with E-state index in [1.807, 2.05) is 24.8 Å². The standard InChI is InChI=1S/C25H25Cl2N3O5/c1-14(2)34-22-8-6-16(11-19(22)27)28-24(31)20-12-23(35-29-20)17-7-5-15(10-18(17)26)13-30-9-3-4-21(30)25(32)33/h5-8,10-12,14,21H,3-4,9,13H2,1-2H3,(H,28,31)(H,32,33). The first-order chi connectivity index (χ1) is 16.7. The number of hydrogen-bond donors (Lipinski definition) is 2. The summed E-state index contributed by atoms with van der Waals surface area (Å²) in [5.74, 6) is -0.394. The molecule has 10 heteroatoms. The van der Waals surface area contributed by atoms with Crippen molar-refractivity contribution in [3.63, 3.8) is 0 Å². The van der Waals surface area contributed by atoms with Crippen LogP contribution in [0.4, 0.5) is 5.69 Å². The Balaban J connectivity index is 1.44. The van der Waals surface area contributed by atoms with E-state index in [1.165, 1.54) is 6.07 Å². The lowest BCUT2D eigenvalue weighted by atomic mass is 10.1. The fraction of sp³-hybridized carbons (Fsp3) is 0.320. The zero-order valence-electron chi connectivity index (χ0n) is 19.3. The van der Waals surface area contributed by atoms with Crippen LogP contribution in [0.15, 0.2) is 47.0 Å². The van der Waals surface area contributed by atoms with Gasteiger partial charge >= 0.3 is 5.97 Å². The summed E-state index contributed by atoms with van der Waals surface area (Å²) in [6, 6.07) is 11.4. The molecule has 4 rings (SSSR count). The number of nitrogens with one attached hydrogen (secondary N) is 1. The van der Waals surface area contributed by atoms with Gasteiger partial charge in [-0.3, -0.25) is 14.5 Å². The maximum Gasteiger partial charge on any atom is 0.320 e. The third-order valence-corrected chi connectivity index (χ3v) is 6.24. The zero-order chi connectivity index (χ0) is 25.1. The van der Waals surface area contributed by atoms with E-state index < -0.39 is 17.9 Å². The number of carbonyl (C=O) groups is 2. The molecule has 184 valence electrons. The molecule has 2 N–H and O–H groups in total. The molecule has 2 heterocycles. The molecule has 2 aromatic carbocycles. The third-order valence-electron chi connectivity index (χ3n) is 5.63. The smallest absolute Gasteiger partial charge is 0.320 e. The predicted molar refractivity (Wildman–Crippen MR) is 133 cm³/mol. The fourth-order valence-corrected chi connectivity index (χ4v) is 4.54. The first kappa shape index (κ1) is 25.0. The second-order valence-corrected chi connectivity index (χ2v) is 9.44. The molecule has 35 heavy (non-hydrogen) atoms. The van der Waals surface area contributed by atoms with Gasteiger partial charge in [-0.2, -0.15) is 0 Å². The summed E-state index contributed by atoms with van der Waals surface area (Å²) in [7, 11) is 0. The van der Waals surface area contributed by atoms with Crippen LogP contribution in [0, 0.1) is 0 Å². The normalized spacial score (nSPS) is 16.0. The van der Waals surface area contributed by atoms with E-state index in [1.54, 1.807) is 30.3 Å². The summed E-state index contributed by atoms with van der Waals surface area (Å²) >= 11 is 12.7. The number of aromatic nitrogens is 1. The quantitative estimate of drug-likeness (QED) is 0.392. The molecule has 1 amide bonds.